The zero-order valence-electron chi connectivity index (χ0n) is 14.0. The molecule has 4 heteroatoms. The number of hydrogen-bond acceptors (Lipinski definition) is 4. The number of nitrogens with zero attached hydrogens (tertiary/aromatic N) is 2. The number of nitrogen functional groups attached to an aromatic ring is 1. The number of benzene rings is 1. The van der Waals surface area contributed by atoms with Crippen LogP contribution in [0, 0.1) is 0 Å². The van der Waals surface area contributed by atoms with Crippen LogP contribution in [0.4, 0.5) is 5.69 Å². The number of anilines is 1. The zero-order chi connectivity index (χ0) is 15.7. The second-order valence-electron chi connectivity index (χ2n) is 5.29. The summed E-state index contributed by atoms with van der Waals surface area (Å²) >= 11 is 0. The molecule has 0 spiro atoms. The van der Waals surface area contributed by atoms with Crippen molar-refractivity contribution in [3.8, 4) is 0 Å². The largest absolute Gasteiger partial charge is 0.399 e. The van der Waals surface area contributed by atoms with E-state index in [0.29, 0.717) is 0 Å². The average molecular weight is 293 g/mol. The van der Waals surface area contributed by atoms with Crippen LogP contribution in [0.3, 0.4) is 0 Å². The van der Waals surface area contributed by atoms with Crippen LogP contribution in [0.25, 0.3) is 0 Å². The highest BCUT2D eigenvalue weighted by Gasteiger charge is 2.17. The monoisotopic (exact) mass is 293 g/mol. The van der Waals surface area contributed by atoms with Crippen molar-refractivity contribution >= 4 is 5.69 Å². The molecule has 1 atom stereocenters. The Bertz CT molecular complexity index is 393. The fourth-order valence-electron chi connectivity index (χ4n) is 2.60. The summed E-state index contributed by atoms with van der Waals surface area (Å²) in [5.74, 6) is 0. The van der Waals surface area contributed by atoms with Gasteiger partial charge in [-0.1, -0.05) is 32.9 Å². The molecule has 0 aliphatic carbocycles. The van der Waals surface area contributed by atoms with Crippen LogP contribution in [-0.2, 0) is 11.2 Å². The first-order valence-electron chi connectivity index (χ1n) is 7.98. The van der Waals surface area contributed by atoms with Gasteiger partial charge >= 0.3 is 0 Å². The Labute approximate surface area is 129 Å². The lowest BCUT2D eigenvalue weighted by Crippen LogP contribution is -2.43. The first-order valence-corrected chi connectivity index (χ1v) is 7.98. The van der Waals surface area contributed by atoms with E-state index in [1.165, 1.54) is 5.56 Å². The third kappa shape index (κ3) is 6.04. The number of nitrogens with two attached hydrogens (primary N) is 1. The van der Waals surface area contributed by atoms with Crippen LogP contribution in [0.2, 0.25) is 0 Å². The van der Waals surface area contributed by atoms with Crippen molar-refractivity contribution in [2.45, 2.75) is 33.4 Å². The molecule has 0 aliphatic rings. The Hall–Kier alpha value is -1.10. The molecule has 21 heavy (non-hydrogen) atoms. The number of rotatable bonds is 10. The summed E-state index contributed by atoms with van der Waals surface area (Å²) in [6.45, 7) is 11.9. The molecular weight excluding hydrogens is 262 g/mol. The molecule has 0 aliphatic heterocycles. The molecule has 2 N–H and O–H groups in total. The molecule has 120 valence electrons. The molecule has 1 aromatic rings. The highest BCUT2D eigenvalue weighted by Crippen LogP contribution is 2.13. The lowest BCUT2D eigenvalue weighted by molar-refractivity contribution is -0.0322. The molecule has 0 fully saturated rings. The highest BCUT2D eigenvalue weighted by molar-refractivity contribution is 5.40. The molecule has 4 nitrogen and oxygen atoms in total. The molecule has 1 aromatic carbocycles. The van der Waals surface area contributed by atoms with Crippen LogP contribution in [0.5, 0.6) is 0 Å². The SMILES string of the molecule is CCN(CC)CCN(CC)C(Cc1cccc(N)c1)OC. The predicted molar refractivity (Wildman–Crippen MR) is 90.4 cm³/mol. The Morgan fingerprint density at radius 3 is 2.33 bits per heavy atom. The van der Waals surface area contributed by atoms with Crippen LogP contribution in [0.1, 0.15) is 26.3 Å². The van der Waals surface area contributed by atoms with E-state index >= 15 is 0 Å². The van der Waals surface area contributed by atoms with E-state index in [2.05, 4.69) is 36.6 Å². The van der Waals surface area contributed by atoms with Gasteiger partial charge in [-0.15, -0.1) is 0 Å². The molecule has 0 saturated carbocycles. The summed E-state index contributed by atoms with van der Waals surface area (Å²) in [6.07, 6.45) is 0.973. The van der Waals surface area contributed by atoms with Gasteiger partial charge in [0.1, 0.15) is 6.23 Å². The molecule has 0 bridgehead atoms. The first-order chi connectivity index (χ1) is 10.1. The second-order valence-corrected chi connectivity index (χ2v) is 5.29. The standard InChI is InChI=1S/C17H31N3O/c1-5-19(6-2)11-12-20(7-3)17(21-4)14-15-9-8-10-16(18)13-15/h8-10,13,17H,5-7,11-12,14,18H2,1-4H3. The van der Waals surface area contributed by atoms with Crippen LogP contribution in [0.15, 0.2) is 24.3 Å². The maximum absolute atomic E-state index is 5.86. The van der Waals surface area contributed by atoms with Crippen molar-refractivity contribution in [2.75, 3.05) is 45.6 Å². The normalized spacial score (nSPS) is 13.0. The number of methoxy groups -OCH3 is 1. The summed E-state index contributed by atoms with van der Waals surface area (Å²) in [6, 6.07) is 8.07. The van der Waals surface area contributed by atoms with Crippen molar-refractivity contribution in [1.29, 1.82) is 0 Å². The van der Waals surface area contributed by atoms with Gasteiger partial charge in [-0.05, 0) is 37.3 Å². The highest BCUT2D eigenvalue weighted by atomic mass is 16.5. The fraction of sp³-hybridized carbons (Fsp3) is 0.647. The molecule has 0 saturated heterocycles. The van der Waals surface area contributed by atoms with Gasteiger partial charge in [0.2, 0.25) is 0 Å². The third-order valence-electron chi connectivity index (χ3n) is 4.04. The summed E-state index contributed by atoms with van der Waals surface area (Å²) in [5.41, 5.74) is 7.90. The van der Waals surface area contributed by atoms with E-state index < -0.39 is 0 Å². The molecule has 0 heterocycles. The molecule has 1 unspecified atom stereocenters. The first kappa shape index (κ1) is 18.0. The number of hydrogen-bond donors (Lipinski definition) is 1. The quantitative estimate of drug-likeness (QED) is 0.531. The van der Waals surface area contributed by atoms with Gasteiger partial charge in [0.15, 0.2) is 0 Å². The summed E-state index contributed by atoms with van der Waals surface area (Å²) in [5, 5.41) is 0. The molecule has 1 rings (SSSR count). The van der Waals surface area contributed by atoms with E-state index in [9.17, 15) is 0 Å². The van der Waals surface area contributed by atoms with Crippen molar-refractivity contribution in [2.24, 2.45) is 0 Å². The maximum Gasteiger partial charge on any atom is 0.114 e. The van der Waals surface area contributed by atoms with Gasteiger partial charge in [-0.3, -0.25) is 4.90 Å². The Kier molecular flexibility index (Phi) is 8.35. The maximum atomic E-state index is 5.86. The van der Waals surface area contributed by atoms with Gasteiger partial charge in [-0.25, -0.2) is 0 Å². The van der Waals surface area contributed by atoms with Crippen LogP contribution < -0.4 is 5.73 Å². The second kappa shape index (κ2) is 9.77. The average Bonchev–Trinajstić information content (AvgIpc) is 2.50. The Morgan fingerprint density at radius 1 is 1.10 bits per heavy atom. The van der Waals surface area contributed by atoms with Crippen molar-refractivity contribution in [3.63, 3.8) is 0 Å². The smallest absolute Gasteiger partial charge is 0.114 e. The Balaban J connectivity index is 2.62. The van der Waals surface area contributed by atoms with E-state index in [-0.39, 0.29) is 6.23 Å². The summed E-state index contributed by atoms with van der Waals surface area (Å²) < 4.78 is 5.71. The lowest BCUT2D eigenvalue weighted by Gasteiger charge is -2.31. The molecule has 0 amide bonds. The predicted octanol–water partition coefficient (Wildman–Crippen LogP) is 2.45. The van der Waals surface area contributed by atoms with Crippen molar-refractivity contribution < 1.29 is 4.74 Å². The zero-order valence-corrected chi connectivity index (χ0v) is 14.0. The number of likely N-dealkylation sites (N-methyl/N-ethyl adjacent to an activating group) is 2. The minimum atomic E-state index is 0.104. The van der Waals surface area contributed by atoms with Gasteiger partial charge < -0.3 is 15.4 Å². The lowest BCUT2D eigenvalue weighted by atomic mass is 10.1. The number of ether oxygens (including phenoxy) is 1. The molecular formula is C17H31N3O. The van der Waals surface area contributed by atoms with Gasteiger partial charge in [0, 0.05) is 32.3 Å². The third-order valence-corrected chi connectivity index (χ3v) is 4.04. The van der Waals surface area contributed by atoms with E-state index in [0.717, 1.165) is 44.8 Å². The van der Waals surface area contributed by atoms with Crippen LogP contribution >= 0.6 is 0 Å². The van der Waals surface area contributed by atoms with E-state index in [1.807, 2.05) is 18.2 Å². The molecule has 0 radical (unpaired) electrons. The van der Waals surface area contributed by atoms with Crippen LogP contribution in [-0.4, -0.2) is 55.9 Å². The van der Waals surface area contributed by atoms with Gasteiger partial charge in [0.05, 0.1) is 0 Å². The van der Waals surface area contributed by atoms with Crippen molar-refractivity contribution in [3.05, 3.63) is 29.8 Å². The summed E-state index contributed by atoms with van der Waals surface area (Å²) in [4.78, 5) is 4.83. The minimum absolute atomic E-state index is 0.104. The van der Waals surface area contributed by atoms with Gasteiger partial charge in [0.25, 0.3) is 0 Å². The van der Waals surface area contributed by atoms with E-state index in [1.54, 1.807) is 7.11 Å². The van der Waals surface area contributed by atoms with Crippen molar-refractivity contribution in [1.82, 2.24) is 9.80 Å². The fourth-order valence-corrected chi connectivity index (χ4v) is 2.60. The Morgan fingerprint density at radius 2 is 1.81 bits per heavy atom. The topological polar surface area (TPSA) is 41.7 Å². The molecule has 0 aromatic heterocycles. The summed E-state index contributed by atoms with van der Waals surface area (Å²) in [7, 11) is 1.79. The minimum Gasteiger partial charge on any atom is -0.399 e. The van der Waals surface area contributed by atoms with E-state index in [4.69, 9.17) is 10.5 Å². The van der Waals surface area contributed by atoms with Gasteiger partial charge in [-0.2, -0.15) is 0 Å².